The van der Waals surface area contributed by atoms with Crippen molar-refractivity contribution in [3.05, 3.63) is 71.4 Å². The van der Waals surface area contributed by atoms with Gasteiger partial charge in [0.15, 0.2) is 5.82 Å². The van der Waals surface area contributed by atoms with Crippen molar-refractivity contribution in [3.8, 4) is 17.1 Å². The average molecular weight is 354 g/mol. The van der Waals surface area contributed by atoms with Gasteiger partial charge in [-0.1, -0.05) is 48.0 Å². The summed E-state index contributed by atoms with van der Waals surface area (Å²) in [5.41, 5.74) is 1.16. The van der Waals surface area contributed by atoms with Crippen LogP contribution in [0.3, 0.4) is 0 Å². The van der Waals surface area contributed by atoms with Gasteiger partial charge in [-0.2, -0.15) is 0 Å². The second-order valence-electron chi connectivity index (χ2n) is 5.54. The maximum atomic E-state index is 12.5. The standard InChI is InChI=1S/C19H16ClN3O2/c1-23(2)18-16(19(24)25-15-10-6-9-14(20)11-15)12-21-17(22-18)13-7-4-3-5-8-13/h3-12H,1-2H3. The van der Waals surface area contributed by atoms with Crippen molar-refractivity contribution >= 4 is 23.4 Å². The molecule has 0 unspecified atom stereocenters. The zero-order valence-corrected chi connectivity index (χ0v) is 14.6. The SMILES string of the molecule is CN(C)c1nc(-c2ccccc2)ncc1C(=O)Oc1cccc(Cl)c1. The summed E-state index contributed by atoms with van der Waals surface area (Å²) in [5.74, 6) is 0.865. The summed E-state index contributed by atoms with van der Waals surface area (Å²) < 4.78 is 5.39. The third-order valence-corrected chi connectivity index (χ3v) is 3.69. The number of anilines is 1. The van der Waals surface area contributed by atoms with Crippen molar-refractivity contribution in [2.24, 2.45) is 0 Å². The van der Waals surface area contributed by atoms with E-state index in [0.29, 0.717) is 22.4 Å². The smallest absolute Gasteiger partial charge is 0.348 e. The Bertz CT molecular complexity index is 898. The Morgan fingerprint density at radius 2 is 1.84 bits per heavy atom. The van der Waals surface area contributed by atoms with E-state index < -0.39 is 5.97 Å². The summed E-state index contributed by atoms with van der Waals surface area (Å²) in [6.07, 6.45) is 1.48. The first-order valence-electron chi connectivity index (χ1n) is 7.62. The first-order chi connectivity index (χ1) is 12.0. The first-order valence-corrected chi connectivity index (χ1v) is 8.00. The van der Waals surface area contributed by atoms with E-state index in [1.165, 1.54) is 6.20 Å². The fourth-order valence-electron chi connectivity index (χ4n) is 2.28. The lowest BCUT2D eigenvalue weighted by Crippen LogP contribution is -2.19. The number of carbonyl (C=O) groups excluding carboxylic acids is 1. The molecule has 0 N–H and O–H groups in total. The van der Waals surface area contributed by atoms with Gasteiger partial charge in [0.05, 0.1) is 0 Å². The molecule has 5 nitrogen and oxygen atoms in total. The highest BCUT2D eigenvalue weighted by Gasteiger charge is 2.19. The van der Waals surface area contributed by atoms with Crippen LogP contribution in [0.4, 0.5) is 5.82 Å². The van der Waals surface area contributed by atoms with Gasteiger partial charge in [0, 0.05) is 30.9 Å². The zero-order chi connectivity index (χ0) is 17.8. The van der Waals surface area contributed by atoms with Gasteiger partial charge in [0.1, 0.15) is 17.1 Å². The van der Waals surface area contributed by atoms with Crippen molar-refractivity contribution in [1.82, 2.24) is 9.97 Å². The maximum absolute atomic E-state index is 12.5. The van der Waals surface area contributed by atoms with Gasteiger partial charge in [0.2, 0.25) is 0 Å². The summed E-state index contributed by atoms with van der Waals surface area (Å²) >= 11 is 5.92. The van der Waals surface area contributed by atoms with E-state index in [9.17, 15) is 4.79 Å². The van der Waals surface area contributed by atoms with Gasteiger partial charge in [0.25, 0.3) is 0 Å². The molecule has 0 saturated heterocycles. The molecule has 0 aliphatic carbocycles. The quantitative estimate of drug-likeness (QED) is 0.522. The summed E-state index contributed by atoms with van der Waals surface area (Å²) in [6, 6.07) is 16.2. The molecule has 0 spiro atoms. The summed E-state index contributed by atoms with van der Waals surface area (Å²) in [7, 11) is 3.63. The molecule has 0 radical (unpaired) electrons. The Kier molecular flexibility index (Phi) is 4.95. The normalized spacial score (nSPS) is 10.4. The van der Waals surface area contributed by atoms with Crippen molar-refractivity contribution in [3.63, 3.8) is 0 Å². The summed E-state index contributed by atoms with van der Waals surface area (Å²) in [6.45, 7) is 0. The molecule has 25 heavy (non-hydrogen) atoms. The van der Waals surface area contributed by atoms with Gasteiger partial charge in [-0.3, -0.25) is 0 Å². The molecule has 0 amide bonds. The number of hydrogen-bond acceptors (Lipinski definition) is 5. The van der Waals surface area contributed by atoms with Crippen molar-refractivity contribution in [2.45, 2.75) is 0 Å². The lowest BCUT2D eigenvalue weighted by atomic mass is 10.2. The second kappa shape index (κ2) is 7.32. The van der Waals surface area contributed by atoms with Crippen LogP contribution < -0.4 is 9.64 Å². The lowest BCUT2D eigenvalue weighted by molar-refractivity contribution is 0.0734. The van der Waals surface area contributed by atoms with E-state index in [1.54, 1.807) is 29.2 Å². The van der Waals surface area contributed by atoms with Crippen LogP contribution in [0.15, 0.2) is 60.8 Å². The van der Waals surface area contributed by atoms with Gasteiger partial charge >= 0.3 is 5.97 Å². The monoisotopic (exact) mass is 353 g/mol. The number of rotatable bonds is 4. The molecular weight excluding hydrogens is 338 g/mol. The van der Waals surface area contributed by atoms with Gasteiger partial charge in [-0.05, 0) is 18.2 Å². The molecule has 3 aromatic rings. The van der Waals surface area contributed by atoms with E-state index in [1.807, 2.05) is 44.4 Å². The number of carbonyl (C=O) groups is 1. The van der Waals surface area contributed by atoms with Gasteiger partial charge in [-0.15, -0.1) is 0 Å². The fraction of sp³-hybridized carbons (Fsp3) is 0.105. The second-order valence-corrected chi connectivity index (χ2v) is 5.97. The number of esters is 1. The molecule has 126 valence electrons. The maximum Gasteiger partial charge on any atom is 0.348 e. The minimum atomic E-state index is -0.537. The molecule has 0 bridgehead atoms. The van der Waals surface area contributed by atoms with Crippen LogP contribution in [0.25, 0.3) is 11.4 Å². The lowest BCUT2D eigenvalue weighted by Gasteiger charge is -2.16. The number of benzene rings is 2. The molecule has 0 aliphatic heterocycles. The van der Waals surface area contributed by atoms with Crippen LogP contribution in [0.1, 0.15) is 10.4 Å². The van der Waals surface area contributed by atoms with E-state index in [-0.39, 0.29) is 5.56 Å². The average Bonchev–Trinajstić information content (AvgIpc) is 2.62. The molecule has 0 fully saturated rings. The van der Waals surface area contributed by atoms with Crippen LogP contribution in [0.2, 0.25) is 5.02 Å². The largest absolute Gasteiger partial charge is 0.423 e. The van der Waals surface area contributed by atoms with Gasteiger partial charge < -0.3 is 9.64 Å². The van der Waals surface area contributed by atoms with E-state index in [0.717, 1.165) is 5.56 Å². The van der Waals surface area contributed by atoms with Gasteiger partial charge in [-0.25, -0.2) is 14.8 Å². The third-order valence-electron chi connectivity index (χ3n) is 3.45. The van der Waals surface area contributed by atoms with Crippen molar-refractivity contribution in [2.75, 3.05) is 19.0 Å². The fourth-order valence-corrected chi connectivity index (χ4v) is 2.46. The highest BCUT2D eigenvalue weighted by Crippen LogP contribution is 2.23. The zero-order valence-electron chi connectivity index (χ0n) is 13.8. The van der Waals surface area contributed by atoms with Crippen LogP contribution in [-0.4, -0.2) is 30.0 Å². The highest BCUT2D eigenvalue weighted by atomic mass is 35.5. The minimum absolute atomic E-state index is 0.282. The number of aromatic nitrogens is 2. The Morgan fingerprint density at radius 1 is 1.08 bits per heavy atom. The number of hydrogen-bond donors (Lipinski definition) is 0. The Labute approximate surface area is 150 Å². The Morgan fingerprint density at radius 3 is 2.52 bits per heavy atom. The van der Waals surface area contributed by atoms with Crippen molar-refractivity contribution < 1.29 is 9.53 Å². The number of ether oxygens (including phenoxy) is 1. The Balaban J connectivity index is 1.94. The molecule has 3 rings (SSSR count). The summed E-state index contributed by atoms with van der Waals surface area (Å²) in [4.78, 5) is 23.1. The molecule has 0 aliphatic rings. The van der Waals surface area contributed by atoms with Crippen LogP contribution in [0.5, 0.6) is 5.75 Å². The molecule has 6 heteroatoms. The van der Waals surface area contributed by atoms with E-state index in [2.05, 4.69) is 9.97 Å². The predicted molar refractivity (Wildman–Crippen MR) is 98.2 cm³/mol. The molecule has 0 saturated carbocycles. The van der Waals surface area contributed by atoms with Crippen LogP contribution >= 0.6 is 11.6 Å². The Hall–Kier alpha value is -2.92. The number of nitrogens with zero attached hydrogens (tertiary/aromatic N) is 3. The van der Waals surface area contributed by atoms with Crippen molar-refractivity contribution in [1.29, 1.82) is 0 Å². The van der Waals surface area contributed by atoms with E-state index >= 15 is 0 Å². The first kappa shape index (κ1) is 16.9. The summed E-state index contributed by atoms with van der Waals surface area (Å²) in [5, 5.41) is 0.494. The molecular formula is C19H16ClN3O2. The minimum Gasteiger partial charge on any atom is -0.423 e. The highest BCUT2D eigenvalue weighted by molar-refractivity contribution is 6.30. The molecule has 0 atom stereocenters. The third kappa shape index (κ3) is 3.95. The van der Waals surface area contributed by atoms with Crippen LogP contribution in [-0.2, 0) is 0 Å². The van der Waals surface area contributed by atoms with Crippen LogP contribution in [0, 0.1) is 0 Å². The molecule has 1 heterocycles. The molecule has 2 aromatic carbocycles. The molecule has 1 aromatic heterocycles. The number of halogens is 1. The topological polar surface area (TPSA) is 55.3 Å². The predicted octanol–water partition coefficient (Wildman–Crippen LogP) is 4.08. The van der Waals surface area contributed by atoms with E-state index in [4.69, 9.17) is 16.3 Å².